The summed E-state index contributed by atoms with van der Waals surface area (Å²) in [6.07, 6.45) is 3.26. The number of anilines is 1. The van der Waals surface area contributed by atoms with Crippen molar-refractivity contribution in [2.75, 3.05) is 5.73 Å². The molecule has 0 aliphatic rings. The van der Waals surface area contributed by atoms with Crippen molar-refractivity contribution >= 4 is 11.5 Å². The zero-order chi connectivity index (χ0) is 10.4. The van der Waals surface area contributed by atoms with Crippen LogP contribution in [0, 0.1) is 0 Å². The third kappa shape index (κ3) is 3.60. The Bertz CT molecular complexity index is 290. The molecule has 0 saturated carbocycles. The van der Waals surface area contributed by atoms with Crippen molar-refractivity contribution in [2.24, 2.45) is 0 Å². The lowest BCUT2D eigenvalue weighted by Crippen LogP contribution is -1.96. The molecule has 14 heavy (non-hydrogen) atoms. The normalized spacial score (nSPS) is 10.1. The molecule has 0 radical (unpaired) electrons. The highest BCUT2D eigenvalue weighted by atomic mass is 16.1. The molecule has 0 heterocycles. The first-order chi connectivity index (χ1) is 6.72. The molecule has 2 nitrogen and oxygen atoms in total. The molecule has 1 rings (SSSR count). The second-order valence-electron chi connectivity index (χ2n) is 3.49. The summed E-state index contributed by atoms with van der Waals surface area (Å²) in [5, 5.41) is 0. The predicted octanol–water partition coefficient (Wildman–Crippen LogP) is 2.57. The SMILES string of the molecule is CCC(=O)CCCc1ccc(N)cc1. The van der Waals surface area contributed by atoms with Crippen molar-refractivity contribution in [1.29, 1.82) is 0 Å². The van der Waals surface area contributed by atoms with E-state index in [-0.39, 0.29) is 0 Å². The van der Waals surface area contributed by atoms with Crippen LogP contribution in [0.15, 0.2) is 24.3 Å². The minimum absolute atomic E-state index is 0.348. The van der Waals surface area contributed by atoms with Crippen LogP contribution in [0.5, 0.6) is 0 Å². The van der Waals surface area contributed by atoms with Gasteiger partial charge in [0.2, 0.25) is 0 Å². The fourth-order valence-electron chi connectivity index (χ4n) is 1.35. The van der Waals surface area contributed by atoms with E-state index in [9.17, 15) is 4.79 Å². The number of carbonyl (C=O) groups excluding carboxylic acids is 1. The lowest BCUT2D eigenvalue weighted by Gasteiger charge is -2.01. The van der Waals surface area contributed by atoms with Crippen LogP contribution < -0.4 is 5.73 Å². The van der Waals surface area contributed by atoms with Gasteiger partial charge in [0, 0.05) is 18.5 Å². The summed E-state index contributed by atoms with van der Waals surface area (Å²) in [4.78, 5) is 11.0. The maximum Gasteiger partial charge on any atom is 0.132 e. The van der Waals surface area contributed by atoms with E-state index < -0.39 is 0 Å². The van der Waals surface area contributed by atoms with Crippen LogP contribution in [0.4, 0.5) is 5.69 Å². The Kier molecular flexibility index (Phi) is 4.17. The average Bonchev–Trinajstić information content (AvgIpc) is 2.21. The van der Waals surface area contributed by atoms with E-state index in [1.165, 1.54) is 5.56 Å². The number of nitrogen functional groups attached to an aromatic ring is 1. The van der Waals surface area contributed by atoms with Gasteiger partial charge in [-0.3, -0.25) is 4.79 Å². The molecule has 0 aliphatic heterocycles. The van der Waals surface area contributed by atoms with Crippen molar-refractivity contribution in [3.63, 3.8) is 0 Å². The van der Waals surface area contributed by atoms with Gasteiger partial charge in [0.15, 0.2) is 0 Å². The number of nitrogens with two attached hydrogens (primary N) is 1. The lowest BCUT2D eigenvalue weighted by atomic mass is 10.1. The molecule has 0 amide bonds. The van der Waals surface area contributed by atoms with Crippen LogP contribution >= 0.6 is 0 Å². The summed E-state index contributed by atoms with van der Waals surface area (Å²) in [5.41, 5.74) is 7.61. The van der Waals surface area contributed by atoms with Crippen LogP contribution in [0.25, 0.3) is 0 Å². The van der Waals surface area contributed by atoms with Crippen molar-refractivity contribution in [1.82, 2.24) is 0 Å². The molecule has 0 aliphatic carbocycles. The molecule has 1 aromatic carbocycles. The Labute approximate surface area is 85.1 Å². The maximum absolute atomic E-state index is 11.0. The van der Waals surface area contributed by atoms with E-state index in [2.05, 4.69) is 0 Å². The number of ketones is 1. The van der Waals surface area contributed by atoms with E-state index in [1.54, 1.807) is 0 Å². The fourth-order valence-corrected chi connectivity index (χ4v) is 1.35. The van der Waals surface area contributed by atoms with E-state index in [0.29, 0.717) is 18.6 Å². The third-order valence-electron chi connectivity index (χ3n) is 2.30. The first kappa shape index (κ1) is 10.8. The standard InChI is InChI=1S/C12H17NO/c1-2-12(14)5-3-4-10-6-8-11(13)9-7-10/h6-9H,2-5,13H2,1H3. The summed E-state index contributed by atoms with van der Waals surface area (Å²) in [7, 11) is 0. The highest BCUT2D eigenvalue weighted by Gasteiger charge is 1.98. The minimum Gasteiger partial charge on any atom is -0.399 e. The molecule has 0 fully saturated rings. The van der Waals surface area contributed by atoms with Crippen LogP contribution in [0.3, 0.4) is 0 Å². The smallest absolute Gasteiger partial charge is 0.132 e. The summed E-state index contributed by atoms with van der Waals surface area (Å²) in [6, 6.07) is 7.84. The summed E-state index contributed by atoms with van der Waals surface area (Å²) >= 11 is 0. The molecule has 1 aromatic rings. The molecule has 2 N–H and O–H groups in total. The molecule has 2 heteroatoms. The summed E-state index contributed by atoms with van der Waals surface area (Å²) in [6.45, 7) is 1.91. The van der Waals surface area contributed by atoms with Crippen molar-refractivity contribution in [3.05, 3.63) is 29.8 Å². The first-order valence-corrected chi connectivity index (χ1v) is 5.08. The van der Waals surface area contributed by atoms with E-state index in [0.717, 1.165) is 18.5 Å². The predicted molar refractivity (Wildman–Crippen MR) is 59.1 cm³/mol. The van der Waals surface area contributed by atoms with Crippen LogP contribution in [-0.4, -0.2) is 5.78 Å². The topological polar surface area (TPSA) is 43.1 Å². The van der Waals surface area contributed by atoms with E-state index in [4.69, 9.17) is 5.73 Å². The van der Waals surface area contributed by atoms with Gasteiger partial charge < -0.3 is 5.73 Å². The van der Waals surface area contributed by atoms with Crippen molar-refractivity contribution in [2.45, 2.75) is 32.6 Å². The molecular formula is C12H17NO. The van der Waals surface area contributed by atoms with Crippen LogP contribution in [0.1, 0.15) is 31.7 Å². The van der Waals surface area contributed by atoms with Gasteiger partial charge in [-0.25, -0.2) is 0 Å². The Balaban J connectivity index is 2.31. The molecule has 76 valence electrons. The van der Waals surface area contributed by atoms with Gasteiger partial charge in [0.25, 0.3) is 0 Å². The Morgan fingerprint density at radius 1 is 1.29 bits per heavy atom. The molecule has 0 bridgehead atoms. The Hall–Kier alpha value is -1.31. The molecule has 0 saturated heterocycles. The van der Waals surface area contributed by atoms with Gasteiger partial charge in [0.05, 0.1) is 0 Å². The third-order valence-corrected chi connectivity index (χ3v) is 2.30. The summed E-state index contributed by atoms with van der Waals surface area (Å²) in [5.74, 6) is 0.348. The first-order valence-electron chi connectivity index (χ1n) is 5.08. The van der Waals surface area contributed by atoms with Crippen LogP contribution in [-0.2, 0) is 11.2 Å². The number of aryl methyl sites for hydroxylation is 1. The van der Waals surface area contributed by atoms with E-state index >= 15 is 0 Å². The highest BCUT2D eigenvalue weighted by Crippen LogP contribution is 2.09. The number of Topliss-reactive ketones (excluding diaryl/α,β-unsaturated/α-hetero) is 1. The van der Waals surface area contributed by atoms with Gasteiger partial charge in [-0.1, -0.05) is 19.1 Å². The number of hydrogen-bond acceptors (Lipinski definition) is 2. The molecular weight excluding hydrogens is 174 g/mol. The minimum atomic E-state index is 0.348. The Morgan fingerprint density at radius 3 is 2.50 bits per heavy atom. The zero-order valence-corrected chi connectivity index (χ0v) is 8.62. The van der Waals surface area contributed by atoms with E-state index in [1.807, 2.05) is 31.2 Å². The lowest BCUT2D eigenvalue weighted by molar-refractivity contribution is -0.118. The molecule has 0 spiro atoms. The number of carbonyl (C=O) groups is 1. The zero-order valence-electron chi connectivity index (χ0n) is 8.62. The maximum atomic E-state index is 11.0. The van der Waals surface area contributed by atoms with Gasteiger partial charge in [0.1, 0.15) is 5.78 Å². The van der Waals surface area contributed by atoms with Crippen molar-refractivity contribution in [3.8, 4) is 0 Å². The van der Waals surface area contributed by atoms with Crippen molar-refractivity contribution < 1.29 is 4.79 Å². The number of rotatable bonds is 5. The van der Waals surface area contributed by atoms with Gasteiger partial charge in [-0.15, -0.1) is 0 Å². The summed E-state index contributed by atoms with van der Waals surface area (Å²) < 4.78 is 0. The van der Waals surface area contributed by atoms with Crippen LogP contribution in [0.2, 0.25) is 0 Å². The number of benzene rings is 1. The monoisotopic (exact) mass is 191 g/mol. The molecule has 0 aromatic heterocycles. The fraction of sp³-hybridized carbons (Fsp3) is 0.417. The molecule has 0 atom stereocenters. The van der Waals surface area contributed by atoms with Gasteiger partial charge in [-0.05, 0) is 30.5 Å². The Morgan fingerprint density at radius 2 is 1.93 bits per heavy atom. The van der Waals surface area contributed by atoms with Gasteiger partial charge in [-0.2, -0.15) is 0 Å². The largest absolute Gasteiger partial charge is 0.399 e. The molecule has 0 unspecified atom stereocenters. The second-order valence-corrected chi connectivity index (χ2v) is 3.49. The second kappa shape index (κ2) is 5.43. The van der Waals surface area contributed by atoms with Gasteiger partial charge >= 0.3 is 0 Å². The highest BCUT2D eigenvalue weighted by molar-refractivity contribution is 5.77. The quantitative estimate of drug-likeness (QED) is 0.727. The average molecular weight is 191 g/mol. The number of hydrogen-bond donors (Lipinski definition) is 1.